The number of thiophene rings is 1. The minimum Gasteiger partial charge on any atom is -0.373 e. The molecule has 1 N–H and O–H groups in total. The third kappa shape index (κ3) is 3.29. The molecule has 3 heterocycles. The Morgan fingerprint density at radius 1 is 1.63 bits per heavy atom. The van der Waals surface area contributed by atoms with E-state index in [9.17, 15) is 4.79 Å². The number of amides is 1. The quantitative estimate of drug-likeness (QED) is 0.800. The predicted octanol–water partition coefficient (Wildman–Crippen LogP) is 1.95. The van der Waals surface area contributed by atoms with Crippen molar-refractivity contribution >= 4 is 39.8 Å². The summed E-state index contributed by atoms with van der Waals surface area (Å²) >= 11 is 3.82. The van der Waals surface area contributed by atoms with E-state index in [0.29, 0.717) is 12.6 Å². The number of rotatable bonds is 3. The molecule has 1 amide bonds. The molecule has 2 aliphatic rings. The van der Waals surface area contributed by atoms with Crippen molar-refractivity contribution in [2.24, 2.45) is 0 Å². The van der Waals surface area contributed by atoms with E-state index >= 15 is 0 Å². The highest BCUT2D eigenvalue weighted by Gasteiger charge is 2.32. The van der Waals surface area contributed by atoms with Gasteiger partial charge in [0.2, 0.25) is 0 Å². The third-order valence-electron chi connectivity index (χ3n) is 3.78. The van der Waals surface area contributed by atoms with Gasteiger partial charge >= 0.3 is 0 Å². The van der Waals surface area contributed by atoms with Crippen molar-refractivity contribution in [1.29, 1.82) is 0 Å². The van der Waals surface area contributed by atoms with Crippen LogP contribution in [0.2, 0.25) is 0 Å². The van der Waals surface area contributed by atoms with Gasteiger partial charge in [-0.2, -0.15) is 0 Å². The first-order chi connectivity index (χ1) is 9.22. The van der Waals surface area contributed by atoms with E-state index in [1.165, 1.54) is 19.4 Å². The van der Waals surface area contributed by atoms with Crippen LogP contribution in [0.15, 0.2) is 11.4 Å². The molecule has 2 fully saturated rings. The molecule has 2 aliphatic heterocycles. The molecule has 4 nitrogen and oxygen atoms in total. The maximum Gasteiger partial charge on any atom is 0.252 e. The van der Waals surface area contributed by atoms with Gasteiger partial charge in [0.25, 0.3) is 5.91 Å². The summed E-state index contributed by atoms with van der Waals surface area (Å²) in [6.45, 7) is 3.55. The van der Waals surface area contributed by atoms with Crippen LogP contribution in [-0.4, -0.2) is 49.2 Å². The molecule has 0 saturated carbocycles. The smallest absolute Gasteiger partial charge is 0.252 e. The summed E-state index contributed by atoms with van der Waals surface area (Å²) in [5.74, 6) is 0.00584. The van der Waals surface area contributed by atoms with E-state index < -0.39 is 0 Å². The van der Waals surface area contributed by atoms with Gasteiger partial charge in [-0.1, -0.05) is 0 Å². The number of halogens is 1. The van der Waals surface area contributed by atoms with Gasteiger partial charge in [-0.05, 0) is 48.0 Å². The molecule has 0 aromatic carbocycles. The molecule has 6 heteroatoms. The number of nitrogens with zero attached hydrogens (tertiary/aromatic N) is 1. The number of fused-ring (bicyclic) bond motifs is 1. The Hall–Kier alpha value is -0.180. The third-order valence-corrected chi connectivity index (χ3v) is 5.57. The van der Waals surface area contributed by atoms with Gasteiger partial charge in [0.15, 0.2) is 0 Å². The van der Waals surface area contributed by atoms with Gasteiger partial charge in [0.1, 0.15) is 0 Å². The fourth-order valence-electron chi connectivity index (χ4n) is 2.75. The summed E-state index contributed by atoms with van der Waals surface area (Å²) in [7, 11) is 0. The van der Waals surface area contributed by atoms with Crippen molar-refractivity contribution < 1.29 is 9.53 Å². The Bertz CT molecular complexity index is 465. The zero-order valence-corrected chi connectivity index (χ0v) is 13.6. The van der Waals surface area contributed by atoms with Crippen LogP contribution in [0.25, 0.3) is 0 Å². The van der Waals surface area contributed by atoms with E-state index in [-0.39, 0.29) is 12.0 Å². The van der Waals surface area contributed by atoms with Gasteiger partial charge in [0, 0.05) is 24.5 Å². The summed E-state index contributed by atoms with van der Waals surface area (Å²) in [4.78, 5) is 14.4. The van der Waals surface area contributed by atoms with Crippen LogP contribution in [0, 0.1) is 2.88 Å². The predicted molar refractivity (Wildman–Crippen MR) is 83.7 cm³/mol. The molecule has 19 heavy (non-hydrogen) atoms. The minimum absolute atomic E-state index is 0.00584. The first kappa shape index (κ1) is 13.8. The largest absolute Gasteiger partial charge is 0.373 e. The minimum atomic E-state index is 0.00584. The highest BCUT2D eigenvalue weighted by atomic mass is 127. The highest BCUT2D eigenvalue weighted by molar-refractivity contribution is 14.1. The van der Waals surface area contributed by atoms with Crippen molar-refractivity contribution in [3.63, 3.8) is 0 Å². The van der Waals surface area contributed by atoms with Crippen molar-refractivity contribution in [2.75, 3.05) is 26.2 Å². The molecule has 2 saturated heterocycles. The number of nitrogens with one attached hydrogen (secondary N) is 1. The Balaban J connectivity index is 1.48. The maximum atomic E-state index is 12.0. The number of hydrogen-bond donors (Lipinski definition) is 1. The second-order valence-corrected chi connectivity index (χ2v) is 7.90. The first-order valence-corrected chi connectivity index (χ1v) is 8.56. The van der Waals surface area contributed by atoms with Gasteiger partial charge < -0.3 is 10.1 Å². The zero-order chi connectivity index (χ0) is 13.2. The van der Waals surface area contributed by atoms with Crippen LogP contribution in [0.1, 0.15) is 23.2 Å². The molecule has 1 aromatic rings. The van der Waals surface area contributed by atoms with Crippen LogP contribution < -0.4 is 5.32 Å². The molecular formula is C13H17IN2O2S. The van der Waals surface area contributed by atoms with Crippen molar-refractivity contribution in [3.05, 3.63) is 19.9 Å². The number of ether oxygens (including phenoxy) is 1. The van der Waals surface area contributed by atoms with Crippen molar-refractivity contribution in [3.8, 4) is 0 Å². The molecule has 3 rings (SSSR count). The SMILES string of the molecule is O=C(NCC1CN2CCCC2CO1)c1csc(I)c1. The van der Waals surface area contributed by atoms with Gasteiger partial charge in [-0.15, -0.1) is 11.3 Å². The Morgan fingerprint density at radius 3 is 3.32 bits per heavy atom. The molecule has 1 aromatic heterocycles. The monoisotopic (exact) mass is 392 g/mol. The Morgan fingerprint density at radius 2 is 2.53 bits per heavy atom. The summed E-state index contributed by atoms with van der Waals surface area (Å²) in [5, 5.41) is 4.87. The van der Waals surface area contributed by atoms with E-state index in [1.807, 2.05) is 11.4 Å². The Kier molecular flexibility index (Phi) is 4.40. The standard InChI is InChI=1S/C13H17IN2O2S/c14-12-4-9(8-19-12)13(17)15-5-11-6-16-3-1-2-10(16)7-18-11/h4,8,10-11H,1-3,5-7H2,(H,15,17). The molecular weight excluding hydrogens is 375 g/mol. The van der Waals surface area contributed by atoms with Crippen LogP contribution >= 0.6 is 33.9 Å². The molecule has 0 aliphatic carbocycles. The number of morpholine rings is 1. The molecule has 0 radical (unpaired) electrons. The highest BCUT2D eigenvalue weighted by Crippen LogP contribution is 2.22. The molecule has 104 valence electrons. The second-order valence-electron chi connectivity index (χ2n) is 5.10. The van der Waals surface area contributed by atoms with Gasteiger partial charge in [-0.3, -0.25) is 9.69 Å². The van der Waals surface area contributed by atoms with E-state index in [2.05, 4.69) is 32.8 Å². The average molecular weight is 392 g/mol. The van der Waals surface area contributed by atoms with Gasteiger partial charge in [0.05, 0.1) is 21.2 Å². The lowest BCUT2D eigenvalue weighted by molar-refractivity contribution is -0.0461. The fourth-order valence-corrected chi connectivity index (χ4v) is 4.07. The lowest BCUT2D eigenvalue weighted by atomic mass is 10.2. The van der Waals surface area contributed by atoms with Gasteiger partial charge in [-0.25, -0.2) is 0 Å². The van der Waals surface area contributed by atoms with E-state index in [1.54, 1.807) is 11.3 Å². The van der Waals surface area contributed by atoms with Crippen molar-refractivity contribution in [2.45, 2.75) is 25.0 Å². The normalized spacial score (nSPS) is 27.2. The summed E-state index contributed by atoms with van der Waals surface area (Å²) < 4.78 is 6.96. The van der Waals surface area contributed by atoms with E-state index in [4.69, 9.17) is 4.74 Å². The lowest BCUT2D eigenvalue weighted by Crippen LogP contribution is -2.50. The number of carbonyl (C=O) groups is 1. The molecule has 0 bridgehead atoms. The molecule has 2 unspecified atom stereocenters. The summed E-state index contributed by atoms with van der Waals surface area (Å²) in [6.07, 6.45) is 2.67. The second kappa shape index (κ2) is 6.07. The number of carbonyl (C=O) groups excluding carboxylic acids is 1. The molecule has 2 atom stereocenters. The topological polar surface area (TPSA) is 41.6 Å². The van der Waals surface area contributed by atoms with Crippen LogP contribution in [0.3, 0.4) is 0 Å². The number of hydrogen-bond acceptors (Lipinski definition) is 4. The summed E-state index contributed by atoms with van der Waals surface area (Å²) in [6, 6.07) is 2.53. The lowest BCUT2D eigenvalue weighted by Gasteiger charge is -2.35. The summed E-state index contributed by atoms with van der Waals surface area (Å²) in [5.41, 5.74) is 0.754. The van der Waals surface area contributed by atoms with Crippen LogP contribution in [0.5, 0.6) is 0 Å². The molecule has 0 spiro atoms. The first-order valence-electron chi connectivity index (χ1n) is 6.60. The zero-order valence-electron chi connectivity index (χ0n) is 10.6. The van der Waals surface area contributed by atoms with E-state index in [0.717, 1.165) is 21.6 Å². The Labute approximate surface area is 130 Å². The average Bonchev–Trinajstić information content (AvgIpc) is 3.03. The van der Waals surface area contributed by atoms with Crippen LogP contribution in [-0.2, 0) is 4.74 Å². The fraction of sp³-hybridized carbons (Fsp3) is 0.615. The van der Waals surface area contributed by atoms with Crippen molar-refractivity contribution in [1.82, 2.24) is 10.2 Å². The van der Waals surface area contributed by atoms with Crippen LogP contribution in [0.4, 0.5) is 0 Å². The maximum absolute atomic E-state index is 12.0.